The van der Waals surface area contributed by atoms with Gasteiger partial charge in [-0.15, -0.1) is 0 Å². The number of amides is 1. The number of benzene rings is 1. The van der Waals surface area contributed by atoms with E-state index in [9.17, 15) is 4.79 Å². The summed E-state index contributed by atoms with van der Waals surface area (Å²) in [4.78, 5) is 11.4. The van der Waals surface area contributed by atoms with Crippen LogP contribution in [0.1, 0.15) is 31.9 Å². The Bertz CT molecular complexity index is 352. The smallest absolute Gasteiger partial charge is 0.239 e. The minimum Gasteiger partial charge on any atom is -0.376 e. The van der Waals surface area contributed by atoms with Gasteiger partial charge in [0.05, 0.1) is 6.54 Å². The molecule has 0 aliphatic carbocycles. The molecule has 0 saturated heterocycles. The van der Waals surface area contributed by atoms with Crippen LogP contribution in [0, 0.1) is 0 Å². The Kier molecular flexibility index (Phi) is 5.53. The van der Waals surface area contributed by atoms with Crippen LogP contribution >= 0.6 is 0 Å². The van der Waals surface area contributed by atoms with Gasteiger partial charge in [-0.25, -0.2) is 0 Å². The molecule has 0 radical (unpaired) electrons. The third-order valence-electron chi connectivity index (χ3n) is 2.80. The van der Waals surface area contributed by atoms with Crippen molar-refractivity contribution in [3.63, 3.8) is 0 Å². The number of rotatable bonds is 6. The SMILES string of the molecule is CCNC(=O)CNc1c(CC)cccc1CC. The van der Waals surface area contributed by atoms with Crippen LogP contribution in [0.3, 0.4) is 0 Å². The summed E-state index contributed by atoms with van der Waals surface area (Å²) in [5.41, 5.74) is 3.67. The number of nitrogens with one attached hydrogen (secondary N) is 2. The van der Waals surface area contributed by atoms with E-state index in [0.29, 0.717) is 13.1 Å². The maximum absolute atomic E-state index is 11.4. The highest BCUT2D eigenvalue weighted by atomic mass is 16.1. The Balaban J connectivity index is 2.77. The molecule has 0 fully saturated rings. The minimum atomic E-state index is 0.0421. The number of hydrogen-bond donors (Lipinski definition) is 2. The second-order valence-corrected chi connectivity index (χ2v) is 3.97. The first-order valence-electron chi connectivity index (χ1n) is 6.34. The van der Waals surface area contributed by atoms with Crippen LogP contribution in [0.15, 0.2) is 18.2 Å². The Hall–Kier alpha value is -1.51. The van der Waals surface area contributed by atoms with Crippen molar-refractivity contribution >= 4 is 11.6 Å². The lowest BCUT2D eigenvalue weighted by molar-refractivity contribution is -0.119. The van der Waals surface area contributed by atoms with Crippen molar-refractivity contribution in [3.8, 4) is 0 Å². The fourth-order valence-electron chi connectivity index (χ4n) is 1.90. The molecule has 3 nitrogen and oxygen atoms in total. The summed E-state index contributed by atoms with van der Waals surface area (Å²) < 4.78 is 0. The fourth-order valence-corrected chi connectivity index (χ4v) is 1.90. The summed E-state index contributed by atoms with van der Waals surface area (Å²) in [7, 11) is 0. The van der Waals surface area contributed by atoms with E-state index in [-0.39, 0.29) is 5.91 Å². The molecule has 94 valence electrons. The molecule has 1 aromatic carbocycles. The van der Waals surface area contributed by atoms with E-state index in [1.807, 2.05) is 6.92 Å². The summed E-state index contributed by atoms with van der Waals surface area (Å²) >= 11 is 0. The summed E-state index contributed by atoms with van der Waals surface area (Å²) in [6.45, 7) is 7.21. The second kappa shape index (κ2) is 6.94. The molecule has 0 unspecified atom stereocenters. The highest BCUT2D eigenvalue weighted by Crippen LogP contribution is 2.22. The number of carbonyl (C=O) groups is 1. The van der Waals surface area contributed by atoms with E-state index in [2.05, 4.69) is 42.7 Å². The molecule has 1 amide bonds. The van der Waals surface area contributed by atoms with Gasteiger partial charge in [0.25, 0.3) is 0 Å². The number of para-hydroxylation sites is 1. The molecule has 0 saturated carbocycles. The van der Waals surface area contributed by atoms with Crippen molar-refractivity contribution in [2.45, 2.75) is 33.6 Å². The quantitative estimate of drug-likeness (QED) is 0.793. The van der Waals surface area contributed by atoms with Gasteiger partial charge < -0.3 is 10.6 Å². The Morgan fingerprint density at radius 3 is 2.18 bits per heavy atom. The molecule has 0 aliphatic rings. The molecule has 0 aromatic heterocycles. The number of hydrogen-bond acceptors (Lipinski definition) is 2. The Labute approximate surface area is 104 Å². The standard InChI is InChI=1S/C14H22N2O/c1-4-11-8-7-9-12(5-2)14(11)16-10-13(17)15-6-3/h7-9,16H,4-6,10H2,1-3H3,(H,15,17). The average Bonchev–Trinajstić information content (AvgIpc) is 2.36. The lowest BCUT2D eigenvalue weighted by atomic mass is 10.0. The summed E-state index contributed by atoms with van der Waals surface area (Å²) in [6, 6.07) is 6.30. The maximum atomic E-state index is 11.4. The second-order valence-electron chi connectivity index (χ2n) is 3.97. The van der Waals surface area contributed by atoms with Crippen molar-refractivity contribution in [1.29, 1.82) is 0 Å². The third-order valence-corrected chi connectivity index (χ3v) is 2.80. The van der Waals surface area contributed by atoms with Crippen LogP contribution in [-0.4, -0.2) is 19.0 Å². The fraction of sp³-hybridized carbons (Fsp3) is 0.500. The van der Waals surface area contributed by atoms with Gasteiger partial charge in [-0.1, -0.05) is 32.0 Å². The van der Waals surface area contributed by atoms with E-state index >= 15 is 0 Å². The van der Waals surface area contributed by atoms with E-state index in [1.54, 1.807) is 0 Å². The van der Waals surface area contributed by atoms with Gasteiger partial charge in [0, 0.05) is 12.2 Å². The van der Waals surface area contributed by atoms with E-state index < -0.39 is 0 Å². The van der Waals surface area contributed by atoms with Crippen molar-refractivity contribution in [3.05, 3.63) is 29.3 Å². The van der Waals surface area contributed by atoms with Crippen molar-refractivity contribution in [2.75, 3.05) is 18.4 Å². The molecule has 2 N–H and O–H groups in total. The summed E-state index contributed by atoms with van der Waals surface area (Å²) in [5, 5.41) is 6.05. The highest BCUT2D eigenvalue weighted by Gasteiger charge is 2.07. The number of anilines is 1. The lowest BCUT2D eigenvalue weighted by Gasteiger charge is -2.15. The van der Waals surface area contributed by atoms with Gasteiger partial charge in [-0.05, 0) is 30.9 Å². The first-order valence-corrected chi connectivity index (χ1v) is 6.34. The Morgan fingerprint density at radius 1 is 1.12 bits per heavy atom. The van der Waals surface area contributed by atoms with E-state index in [4.69, 9.17) is 0 Å². The minimum absolute atomic E-state index is 0.0421. The van der Waals surface area contributed by atoms with Gasteiger partial charge in [0.15, 0.2) is 0 Å². The molecule has 0 aliphatic heterocycles. The zero-order valence-electron chi connectivity index (χ0n) is 11.0. The predicted molar refractivity (Wildman–Crippen MR) is 72.4 cm³/mol. The van der Waals surface area contributed by atoms with Gasteiger partial charge in [-0.2, -0.15) is 0 Å². The molecular weight excluding hydrogens is 212 g/mol. The highest BCUT2D eigenvalue weighted by molar-refractivity contribution is 5.81. The molecule has 1 aromatic rings. The summed E-state index contributed by atoms with van der Waals surface area (Å²) in [5.74, 6) is 0.0421. The van der Waals surface area contributed by atoms with Crippen LogP contribution in [0.25, 0.3) is 0 Å². The van der Waals surface area contributed by atoms with Crippen molar-refractivity contribution < 1.29 is 4.79 Å². The number of likely N-dealkylation sites (N-methyl/N-ethyl adjacent to an activating group) is 1. The number of carbonyl (C=O) groups excluding carboxylic acids is 1. The van der Waals surface area contributed by atoms with Crippen LogP contribution in [0.2, 0.25) is 0 Å². The normalized spacial score (nSPS) is 10.1. The van der Waals surface area contributed by atoms with Crippen molar-refractivity contribution in [1.82, 2.24) is 5.32 Å². The maximum Gasteiger partial charge on any atom is 0.239 e. The van der Waals surface area contributed by atoms with Gasteiger partial charge >= 0.3 is 0 Å². The zero-order chi connectivity index (χ0) is 12.7. The first-order chi connectivity index (χ1) is 8.22. The van der Waals surface area contributed by atoms with E-state index in [1.165, 1.54) is 11.1 Å². The van der Waals surface area contributed by atoms with Crippen LogP contribution in [0.5, 0.6) is 0 Å². The van der Waals surface area contributed by atoms with Gasteiger partial charge in [-0.3, -0.25) is 4.79 Å². The molecule has 0 bridgehead atoms. The molecule has 1 rings (SSSR count). The first kappa shape index (κ1) is 13.6. The monoisotopic (exact) mass is 234 g/mol. The van der Waals surface area contributed by atoms with E-state index in [0.717, 1.165) is 18.5 Å². The third kappa shape index (κ3) is 3.77. The molecule has 0 spiro atoms. The number of aryl methyl sites for hydroxylation is 2. The van der Waals surface area contributed by atoms with Crippen LogP contribution in [0.4, 0.5) is 5.69 Å². The molecular formula is C14H22N2O. The predicted octanol–water partition coefficient (Wildman–Crippen LogP) is 2.36. The molecule has 17 heavy (non-hydrogen) atoms. The lowest BCUT2D eigenvalue weighted by Crippen LogP contribution is -2.29. The Morgan fingerprint density at radius 2 is 1.71 bits per heavy atom. The molecule has 3 heteroatoms. The molecule has 0 atom stereocenters. The van der Waals surface area contributed by atoms with Gasteiger partial charge in [0.2, 0.25) is 5.91 Å². The van der Waals surface area contributed by atoms with Gasteiger partial charge in [0.1, 0.15) is 0 Å². The topological polar surface area (TPSA) is 41.1 Å². The molecule has 0 heterocycles. The average molecular weight is 234 g/mol. The van der Waals surface area contributed by atoms with Crippen LogP contribution in [-0.2, 0) is 17.6 Å². The van der Waals surface area contributed by atoms with Crippen molar-refractivity contribution in [2.24, 2.45) is 0 Å². The zero-order valence-corrected chi connectivity index (χ0v) is 11.0. The summed E-state index contributed by atoms with van der Waals surface area (Å²) in [6.07, 6.45) is 1.96. The largest absolute Gasteiger partial charge is 0.376 e. The van der Waals surface area contributed by atoms with Crippen LogP contribution < -0.4 is 10.6 Å².